The molecule has 1 amide bonds. The Morgan fingerprint density at radius 3 is 2.58 bits per heavy atom. The van der Waals surface area contributed by atoms with Gasteiger partial charge in [0.15, 0.2) is 0 Å². The average Bonchev–Trinajstić information content (AvgIpc) is 2.41. The van der Waals surface area contributed by atoms with E-state index in [0.717, 1.165) is 23.7 Å². The van der Waals surface area contributed by atoms with Crippen LogP contribution in [0.3, 0.4) is 0 Å². The lowest BCUT2D eigenvalue weighted by atomic mass is 9.84. The van der Waals surface area contributed by atoms with Gasteiger partial charge >= 0.3 is 0 Å². The molecule has 0 aliphatic rings. The molecule has 2 nitrogen and oxygen atoms in total. The van der Waals surface area contributed by atoms with Crippen LogP contribution in [0.5, 0.6) is 0 Å². The molecule has 4 heteroatoms. The molecule has 0 aliphatic heterocycles. The highest BCUT2D eigenvalue weighted by Gasteiger charge is 2.25. The van der Waals surface area contributed by atoms with Crippen LogP contribution in [0.1, 0.15) is 32.3 Å². The molecule has 1 aromatic rings. The van der Waals surface area contributed by atoms with Gasteiger partial charge in [-0.2, -0.15) is 0 Å². The number of amides is 1. The second-order valence-corrected chi connectivity index (χ2v) is 5.92. The number of nitrogens with one attached hydrogen (secondary N) is 1. The normalized spacial score (nSPS) is 11.4. The topological polar surface area (TPSA) is 29.1 Å². The van der Waals surface area contributed by atoms with Gasteiger partial charge in [0, 0.05) is 16.9 Å². The average molecular weight is 347 g/mol. The van der Waals surface area contributed by atoms with Gasteiger partial charge in [-0.3, -0.25) is 4.79 Å². The van der Waals surface area contributed by atoms with Crippen LogP contribution in [0.25, 0.3) is 0 Å². The van der Waals surface area contributed by atoms with Crippen LogP contribution in [0, 0.1) is 5.41 Å². The van der Waals surface area contributed by atoms with Gasteiger partial charge < -0.3 is 5.32 Å². The van der Waals surface area contributed by atoms with Crippen LogP contribution in [-0.4, -0.2) is 17.8 Å². The van der Waals surface area contributed by atoms with E-state index >= 15 is 0 Å². The van der Waals surface area contributed by atoms with E-state index in [1.165, 1.54) is 0 Å². The fourth-order valence-corrected chi connectivity index (χ4v) is 3.12. The molecule has 0 heterocycles. The van der Waals surface area contributed by atoms with Gasteiger partial charge in [-0.05, 0) is 36.0 Å². The number of carbonyl (C=O) groups excluding carboxylic acids is 1. The summed E-state index contributed by atoms with van der Waals surface area (Å²) in [6.07, 6.45) is 2.48. The van der Waals surface area contributed by atoms with Crippen molar-refractivity contribution in [3.63, 3.8) is 0 Å². The van der Waals surface area contributed by atoms with Crippen LogP contribution >= 0.6 is 27.5 Å². The van der Waals surface area contributed by atoms with E-state index in [-0.39, 0.29) is 11.3 Å². The molecule has 0 unspecified atom stereocenters. The second kappa shape index (κ2) is 7.91. The Kier molecular flexibility index (Phi) is 6.87. The standard InChI is InChI=1S/C15H21BrClNO/c1-3-15(4-2,10-16)11-18-14(19)9-12-6-5-7-13(17)8-12/h5-8H,3-4,9-11H2,1-2H3,(H,18,19). The highest BCUT2D eigenvalue weighted by atomic mass is 79.9. The third-order valence-corrected chi connectivity index (χ3v) is 5.12. The van der Waals surface area contributed by atoms with E-state index in [0.29, 0.717) is 18.0 Å². The summed E-state index contributed by atoms with van der Waals surface area (Å²) in [6.45, 7) is 5.03. The zero-order chi connectivity index (χ0) is 14.3. The number of alkyl halides is 1. The molecule has 0 aromatic heterocycles. The van der Waals surface area contributed by atoms with Crippen molar-refractivity contribution < 1.29 is 4.79 Å². The first-order valence-corrected chi connectivity index (χ1v) is 8.12. The molecule has 0 saturated heterocycles. The summed E-state index contributed by atoms with van der Waals surface area (Å²) in [5.41, 5.74) is 1.10. The van der Waals surface area contributed by atoms with Gasteiger partial charge in [0.1, 0.15) is 0 Å². The summed E-state index contributed by atoms with van der Waals surface area (Å²) in [5.74, 6) is 0.0505. The monoisotopic (exact) mass is 345 g/mol. The van der Waals surface area contributed by atoms with E-state index in [2.05, 4.69) is 35.1 Å². The summed E-state index contributed by atoms with van der Waals surface area (Å²) in [4.78, 5) is 11.9. The fraction of sp³-hybridized carbons (Fsp3) is 0.533. The number of halogens is 2. The Morgan fingerprint density at radius 1 is 1.37 bits per heavy atom. The minimum Gasteiger partial charge on any atom is -0.355 e. The molecule has 19 heavy (non-hydrogen) atoms. The Balaban J connectivity index is 2.52. The summed E-state index contributed by atoms with van der Waals surface area (Å²) >= 11 is 9.46. The van der Waals surface area contributed by atoms with E-state index in [9.17, 15) is 4.79 Å². The molecule has 0 atom stereocenters. The van der Waals surface area contributed by atoms with Gasteiger partial charge in [0.25, 0.3) is 0 Å². The van der Waals surface area contributed by atoms with Gasteiger partial charge in [0.2, 0.25) is 5.91 Å². The number of hydrogen-bond donors (Lipinski definition) is 1. The summed E-state index contributed by atoms with van der Waals surface area (Å²) in [5, 5.41) is 4.61. The number of hydrogen-bond acceptors (Lipinski definition) is 1. The molecule has 106 valence electrons. The quantitative estimate of drug-likeness (QED) is 0.737. The maximum atomic E-state index is 11.9. The maximum absolute atomic E-state index is 11.9. The lowest BCUT2D eigenvalue weighted by Crippen LogP contribution is -2.38. The second-order valence-electron chi connectivity index (χ2n) is 4.92. The number of benzene rings is 1. The molecule has 0 spiro atoms. The summed E-state index contributed by atoms with van der Waals surface area (Å²) in [6, 6.07) is 7.43. The van der Waals surface area contributed by atoms with Crippen LogP contribution in [0.4, 0.5) is 0 Å². The van der Waals surface area contributed by atoms with Crippen molar-refractivity contribution in [3.05, 3.63) is 34.9 Å². The highest BCUT2D eigenvalue weighted by molar-refractivity contribution is 9.09. The minimum absolute atomic E-state index is 0.0505. The van der Waals surface area contributed by atoms with Crippen molar-refractivity contribution in [2.75, 3.05) is 11.9 Å². The molecule has 0 fully saturated rings. The van der Waals surface area contributed by atoms with Gasteiger partial charge in [-0.25, -0.2) is 0 Å². The Bertz CT molecular complexity index is 410. The maximum Gasteiger partial charge on any atom is 0.224 e. The predicted molar refractivity (Wildman–Crippen MR) is 85.0 cm³/mol. The molecular formula is C15H21BrClNO. The van der Waals surface area contributed by atoms with Crippen molar-refractivity contribution >= 4 is 33.4 Å². The molecule has 0 radical (unpaired) electrons. The molecular weight excluding hydrogens is 326 g/mol. The predicted octanol–water partition coefficient (Wildman–Crippen LogP) is 4.20. The Labute approximate surface area is 129 Å². The van der Waals surface area contributed by atoms with Gasteiger partial charge in [-0.1, -0.05) is 53.5 Å². The molecule has 0 aliphatic carbocycles. The van der Waals surface area contributed by atoms with Crippen molar-refractivity contribution in [3.8, 4) is 0 Å². The van der Waals surface area contributed by atoms with E-state index in [4.69, 9.17) is 11.6 Å². The molecule has 1 N–H and O–H groups in total. The van der Waals surface area contributed by atoms with Crippen molar-refractivity contribution in [2.45, 2.75) is 33.1 Å². The number of rotatable bonds is 7. The SMILES string of the molecule is CCC(CC)(CBr)CNC(=O)Cc1cccc(Cl)c1. The van der Waals surface area contributed by atoms with Crippen molar-refractivity contribution in [1.82, 2.24) is 5.32 Å². The van der Waals surface area contributed by atoms with Crippen LogP contribution in [0.2, 0.25) is 5.02 Å². The molecule has 1 aromatic carbocycles. The molecule has 1 rings (SSSR count). The van der Waals surface area contributed by atoms with Crippen LogP contribution < -0.4 is 5.32 Å². The Hall–Kier alpha value is -0.540. The third kappa shape index (κ3) is 5.15. The summed E-state index contributed by atoms with van der Waals surface area (Å²) < 4.78 is 0. The first-order chi connectivity index (χ1) is 9.05. The summed E-state index contributed by atoms with van der Waals surface area (Å²) in [7, 11) is 0. The first kappa shape index (κ1) is 16.5. The van der Waals surface area contributed by atoms with Gasteiger partial charge in [-0.15, -0.1) is 0 Å². The zero-order valence-electron chi connectivity index (χ0n) is 11.5. The smallest absolute Gasteiger partial charge is 0.224 e. The van der Waals surface area contributed by atoms with Crippen molar-refractivity contribution in [1.29, 1.82) is 0 Å². The van der Waals surface area contributed by atoms with Crippen LogP contribution in [0.15, 0.2) is 24.3 Å². The number of carbonyl (C=O) groups is 1. The molecule has 0 saturated carbocycles. The third-order valence-electron chi connectivity index (χ3n) is 3.70. The highest BCUT2D eigenvalue weighted by Crippen LogP contribution is 2.27. The Morgan fingerprint density at radius 2 is 2.05 bits per heavy atom. The lowest BCUT2D eigenvalue weighted by Gasteiger charge is -2.29. The van der Waals surface area contributed by atoms with Crippen LogP contribution in [-0.2, 0) is 11.2 Å². The largest absolute Gasteiger partial charge is 0.355 e. The lowest BCUT2D eigenvalue weighted by molar-refractivity contribution is -0.120. The van der Waals surface area contributed by atoms with Crippen molar-refractivity contribution in [2.24, 2.45) is 5.41 Å². The van der Waals surface area contributed by atoms with E-state index in [1.54, 1.807) is 0 Å². The minimum atomic E-state index is 0.0505. The van der Waals surface area contributed by atoms with E-state index in [1.807, 2.05) is 24.3 Å². The van der Waals surface area contributed by atoms with E-state index < -0.39 is 0 Å². The molecule has 0 bridgehead atoms. The first-order valence-electron chi connectivity index (χ1n) is 6.62. The van der Waals surface area contributed by atoms with Gasteiger partial charge in [0.05, 0.1) is 6.42 Å². The fourth-order valence-electron chi connectivity index (χ4n) is 1.92. The zero-order valence-corrected chi connectivity index (χ0v) is 13.9.